The van der Waals surface area contributed by atoms with Crippen molar-refractivity contribution in [3.8, 4) is 11.6 Å². The molecule has 2 heterocycles. The molecule has 0 atom stereocenters. The van der Waals surface area contributed by atoms with Crippen molar-refractivity contribution < 1.29 is 4.74 Å². The van der Waals surface area contributed by atoms with Crippen LogP contribution in [-0.4, -0.2) is 20.8 Å². The maximum Gasteiger partial charge on any atom is 0.223 e. The Hall–Kier alpha value is -1.88. The highest BCUT2D eigenvalue weighted by molar-refractivity contribution is 5.30. The summed E-state index contributed by atoms with van der Waals surface area (Å²) >= 11 is 0. The van der Waals surface area contributed by atoms with Crippen molar-refractivity contribution in [3.63, 3.8) is 0 Å². The van der Waals surface area contributed by atoms with Gasteiger partial charge in [0.2, 0.25) is 5.88 Å². The first-order valence-corrected chi connectivity index (χ1v) is 6.56. The standard InChI is InChI=1S/C14H20N4O/c1-4-18-10-13(9-17-18)19-14-12(6-5-7-15-14)8-16-11(2)3/h5-7,9-11,16H,4,8H2,1-3H3. The first-order valence-electron chi connectivity index (χ1n) is 6.56. The fourth-order valence-electron chi connectivity index (χ4n) is 1.65. The molecule has 0 aliphatic heterocycles. The van der Waals surface area contributed by atoms with Crippen LogP contribution in [-0.2, 0) is 13.1 Å². The quantitative estimate of drug-likeness (QED) is 0.867. The molecule has 0 unspecified atom stereocenters. The minimum atomic E-state index is 0.427. The molecule has 5 heteroatoms. The second-order valence-electron chi connectivity index (χ2n) is 4.64. The third-order valence-electron chi connectivity index (χ3n) is 2.70. The Morgan fingerprint density at radius 3 is 2.95 bits per heavy atom. The van der Waals surface area contributed by atoms with Crippen LogP contribution in [0.15, 0.2) is 30.7 Å². The average molecular weight is 260 g/mol. The van der Waals surface area contributed by atoms with E-state index in [-0.39, 0.29) is 0 Å². The van der Waals surface area contributed by atoms with Gasteiger partial charge >= 0.3 is 0 Å². The number of aryl methyl sites for hydroxylation is 1. The van der Waals surface area contributed by atoms with E-state index < -0.39 is 0 Å². The van der Waals surface area contributed by atoms with Crippen LogP contribution in [0.5, 0.6) is 11.6 Å². The van der Waals surface area contributed by atoms with Crippen molar-refractivity contribution in [1.82, 2.24) is 20.1 Å². The second-order valence-corrected chi connectivity index (χ2v) is 4.64. The Morgan fingerprint density at radius 1 is 1.42 bits per heavy atom. The van der Waals surface area contributed by atoms with E-state index >= 15 is 0 Å². The van der Waals surface area contributed by atoms with Crippen molar-refractivity contribution in [2.75, 3.05) is 0 Å². The molecule has 0 bridgehead atoms. The number of rotatable bonds is 6. The SMILES string of the molecule is CCn1cc(Oc2ncccc2CNC(C)C)cn1. The van der Waals surface area contributed by atoms with Gasteiger partial charge in [-0.05, 0) is 13.0 Å². The third kappa shape index (κ3) is 3.79. The van der Waals surface area contributed by atoms with Crippen molar-refractivity contribution in [2.45, 2.75) is 39.9 Å². The fourth-order valence-corrected chi connectivity index (χ4v) is 1.65. The van der Waals surface area contributed by atoms with E-state index in [1.807, 2.05) is 29.9 Å². The number of nitrogens with one attached hydrogen (secondary N) is 1. The Kier molecular flexibility index (Phi) is 4.52. The fraction of sp³-hybridized carbons (Fsp3) is 0.429. The van der Waals surface area contributed by atoms with Gasteiger partial charge in [0, 0.05) is 30.9 Å². The van der Waals surface area contributed by atoms with Crippen LogP contribution in [0.3, 0.4) is 0 Å². The second kappa shape index (κ2) is 6.33. The molecule has 102 valence electrons. The summed E-state index contributed by atoms with van der Waals surface area (Å²) in [4.78, 5) is 4.29. The molecular formula is C14H20N4O. The molecule has 0 radical (unpaired) electrons. The Labute approximate surface area is 113 Å². The summed E-state index contributed by atoms with van der Waals surface area (Å²) in [6, 6.07) is 4.36. The molecule has 2 aromatic rings. The summed E-state index contributed by atoms with van der Waals surface area (Å²) in [5, 5.41) is 7.55. The van der Waals surface area contributed by atoms with Crippen LogP contribution < -0.4 is 10.1 Å². The topological polar surface area (TPSA) is 52.0 Å². The molecule has 0 saturated carbocycles. The summed E-state index contributed by atoms with van der Waals surface area (Å²) in [5.41, 5.74) is 1.04. The van der Waals surface area contributed by atoms with Gasteiger partial charge in [0.05, 0.1) is 12.4 Å². The van der Waals surface area contributed by atoms with Crippen molar-refractivity contribution >= 4 is 0 Å². The summed E-state index contributed by atoms with van der Waals surface area (Å²) in [7, 11) is 0. The Balaban J connectivity index is 2.10. The number of hydrogen-bond donors (Lipinski definition) is 1. The Morgan fingerprint density at radius 2 is 2.26 bits per heavy atom. The number of pyridine rings is 1. The zero-order valence-electron chi connectivity index (χ0n) is 11.6. The molecule has 2 rings (SSSR count). The van der Waals surface area contributed by atoms with Gasteiger partial charge in [0.25, 0.3) is 0 Å². The molecule has 0 aliphatic carbocycles. The van der Waals surface area contributed by atoms with E-state index in [0.29, 0.717) is 17.7 Å². The van der Waals surface area contributed by atoms with Crippen LogP contribution >= 0.6 is 0 Å². The Bertz CT molecular complexity index is 522. The smallest absolute Gasteiger partial charge is 0.223 e. The first kappa shape index (κ1) is 13.5. The highest BCUT2D eigenvalue weighted by Gasteiger charge is 2.07. The van der Waals surface area contributed by atoms with Crippen molar-refractivity contribution in [2.24, 2.45) is 0 Å². The van der Waals surface area contributed by atoms with Gasteiger partial charge in [-0.2, -0.15) is 5.10 Å². The molecule has 0 fully saturated rings. The number of aromatic nitrogens is 3. The summed E-state index contributed by atoms with van der Waals surface area (Å²) in [6.07, 6.45) is 5.31. The van der Waals surface area contributed by atoms with Crippen LogP contribution in [0.4, 0.5) is 0 Å². The van der Waals surface area contributed by atoms with E-state index in [1.54, 1.807) is 12.4 Å². The highest BCUT2D eigenvalue weighted by atomic mass is 16.5. The molecule has 5 nitrogen and oxygen atoms in total. The zero-order chi connectivity index (χ0) is 13.7. The van der Waals surface area contributed by atoms with E-state index in [4.69, 9.17) is 4.74 Å². The zero-order valence-corrected chi connectivity index (χ0v) is 11.6. The molecule has 0 aromatic carbocycles. The van der Waals surface area contributed by atoms with Crippen molar-refractivity contribution in [3.05, 3.63) is 36.3 Å². The van der Waals surface area contributed by atoms with Gasteiger partial charge in [0.1, 0.15) is 0 Å². The molecule has 0 amide bonds. The predicted octanol–water partition coefficient (Wildman–Crippen LogP) is 2.59. The average Bonchev–Trinajstić information content (AvgIpc) is 2.85. The van der Waals surface area contributed by atoms with Gasteiger partial charge in [0.15, 0.2) is 5.75 Å². The molecular weight excluding hydrogens is 240 g/mol. The van der Waals surface area contributed by atoms with Gasteiger partial charge in [-0.3, -0.25) is 4.68 Å². The summed E-state index contributed by atoms with van der Waals surface area (Å²) in [5.74, 6) is 1.35. The normalized spacial score (nSPS) is 10.9. The highest BCUT2D eigenvalue weighted by Crippen LogP contribution is 2.22. The number of ether oxygens (including phenoxy) is 1. The number of hydrogen-bond acceptors (Lipinski definition) is 4. The lowest BCUT2D eigenvalue weighted by Gasteiger charge is -2.11. The maximum absolute atomic E-state index is 5.79. The maximum atomic E-state index is 5.79. The largest absolute Gasteiger partial charge is 0.435 e. The molecule has 1 N–H and O–H groups in total. The number of nitrogens with zero attached hydrogens (tertiary/aromatic N) is 3. The lowest BCUT2D eigenvalue weighted by molar-refractivity contribution is 0.449. The van der Waals surface area contributed by atoms with E-state index in [2.05, 4.69) is 29.2 Å². The summed E-state index contributed by atoms with van der Waals surface area (Å²) in [6.45, 7) is 7.83. The molecule has 19 heavy (non-hydrogen) atoms. The van der Waals surface area contributed by atoms with E-state index in [1.165, 1.54) is 0 Å². The summed E-state index contributed by atoms with van der Waals surface area (Å²) < 4.78 is 7.61. The first-order chi connectivity index (χ1) is 9.19. The van der Waals surface area contributed by atoms with E-state index in [0.717, 1.165) is 18.7 Å². The minimum Gasteiger partial charge on any atom is -0.435 e. The van der Waals surface area contributed by atoms with Crippen LogP contribution in [0.1, 0.15) is 26.3 Å². The molecule has 0 saturated heterocycles. The van der Waals surface area contributed by atoms with Gasteiger partial charge in [-0.15, -0.1) is 0 Å². The van der Waals surface area contributed by atoms with Crippen LogP contribution in [0, 0.1) is 0 Å². The van der Waals surface area contributed by atoms with Gasteiger partial charge < -0.3 is 10.1 Å². The lowest BCUT2D eigenvalue weighted by Crippen LogP contribution is -2.22. The monoisotopic (exact) mass is 260 g/mol. The molecule has 2 aromatic heterocycles. The van der Waals surface area contributed by atoms with Crippen LogP contribution in [0.2, 0.25) is 0 Å². The molecule has 0 spiro atoms. The van der Waals surface area contributed by atoms with Gasteiger partial charge in [-0.25, -0.2) is 4.98 Å². The third-order valence-corrected chi connectivity index (χ3v) is 2.70. The molecule has 0 aliphatic rings. The van der Waals surface area contributed by atoms with Gasteiger partial charge in [-0.1, -0.05) is 19.9 Å². The van der Waals surface area contributed by atoms with E-state index in [9.17, 15) is 0 Å². The minimum absolute atomic E-state index is 0.427. The predicted molar refractivity (Wildman–Crippen MR) is 74.2 cm³/mol. The van der Waals surface area contributed by atoms with Crippen LogP contribution in [0.25, 0.3) is 0 Å². The van der Waals surface area contributed by atoms with Crippen molar-refractivity contribution in [1.29, 1.82) is 0 Å². The lowest BCUT2D eigenvalue weighted by atomic mass is 10.2.